The predicted molar refractivity (Wildman–Crippen MR) is 107 cm³/mol. The van der Waals surface area contributed by atoms with E-state index >= 15 is 0 Å². The van der Waals surface area contributed by atoms with Crippen molar-refractivity contribution in [3.63, 3.8) is 0 Å². The molecule has 2 aromatic carbocycles. The number of Topliss-reactive ketones (excluding diaryl/α,β-unsaturated/α-hetero) is 1. The lowest BCUT2D eigenvalue weighted by Crippen LogP contribution is -2.21. The second kappa shape index (κ2) is 9.68. The van der Waals surface area contributed by atoms with Gasteiger partial charge in [0.2, 0.25) is 0 Å². The van der Waals surface area contributed by atoms with E-state index in [-0.39, 0.29) is 0 Å². The highest BCUT2D eigenvalue weighted by molar-refractivity contribution is 5.81. The molecule has 0 N–H and O–H groups in total. The Balaban J connectivity index is 1.44. The maximum absolute atomic E-state index is 12.4. The first-order valence-corrected chi connectivity index (χ1v) is 9.98. The fraction of sp³-hybridized carbons (Fsp3) is 0.458. The van der Waals surface area contributed by atoms with Crippen LogP contribution in [0.4, 0.5) is 0 Å². The second-order valence-corrected chi connectivity index (χ2v) is 7.68. The van der Waals surface area contributed by atoms with Crippen molar-refractivity contribution in [3.05, 3.63) is 60.2 Å². The standard InChI is InChI=1S/C24H30O2/c1-19(18-26-24-10-6-3-7-11-24)16-23(25)17-20-12-14-22(15-13-20)21-8-4-2-5-9-21/h2,4-5,8-9,12-15,19,24H,3,6-7,10-11,16-18H2,1H3/t19-/m1/s1. The van der Waals surface area contributed by atoms with Gasteiger partial charge in [-0.25, -0.2) is 0 Å². The van der Waals surface area contributed by atoms with Crippen LogP contribution >= 0.6 is 0 Å². The second-order valence-electron chi connectivity index (χ2n) is 7.68. The Labute approximate surface area is 157 Å². The first kappa shape index (κ1) is 18.8. The molecule has 0 bridgehead atoms. The van der Waals surface area contributed by atoms with Crippen LogP contribution in [-0.4, -0.2) is 18.5 Å². The zero-order valence-electron chi connectivity index (χ0n) is 15.8. The zero-order chi connectivity index (χ0) is 18.2. The summed E-state index contributed by atoms with van der Waals surface area (Å²) in [5.41, 5.74) is 3.49. The summed E-state index contributed by atoms with van der Waals surface area (Å²) in [5.74, 6) is 0.602. The lowest BCUT2D eigenvalue weighted by molar-refractivity contribution is -0.120. The molecular weight excluding hydrogens is 320 g/mol. The van der Waals surface area contributed by atoms with Crippen LogP contribution in [0.1, 0.15) is 51.0 Å². The molecule has 0 spiro atoms. The maximum atomic E-state index is 12.4. The van der Waals surface area contributed by atoms with Gasteiger partial charge in [-0.1, -0.05) is 80.8 Å². The molecule has 0 heterocycles. The molecule has 3 rings (SSSR count). The average molecular weight is 351 g/mol. The first-order valence-electron chi connectivity index (χ1n) is 9.98. The molecule has 1 saturated carbocycles. The average Bonchev–Trinajstić information content (AvgIpc) is 2.68. The van der Waals surface area contributed by atoms with Gasteiger partial charge in [-0.3, -0.25) is 4.79 Å². The van der Waals surface area contributed by atoms with Crippen molar-refractivity contribution in [2.24, 2.45) is 5.92 Å². The van der Waals surface area contributed by atoms with Crippen LogP contribution in [0.25, 0.3) is 11.1 Å². The van der Waals surface area contributed by atoms with Crippen LogP contribution in [0.15, 0.2) is 54.6 Å². The molecule has 0 amide bonds. The summed E-state index contributed by atoms with van der Waals surface area (Å²) in [5, 5.41) is 0. The molecule has 0 aromatic heterocycles. The van der Waals surface area contributed by atoms with Crippen LogP contribution < -0.4 is 0 Å². The monoisotopic (exact) mass is 350 g/mol. The van der Waals surface area contributed by atoms with Crippen LogP contribution in [-0.2, 0) is 16.0 Å². The quantitative estimate of drug-likeness (QED) is 0.598. The number of benzene rings is 2. The van der Waals surface area contributed by atoms with E-state index in [1.807, 2.05) is 18.2 Å². The topological polar surface area (TPSA) is 26.3 Å². The highest BCUT2D eigenvalue weighted by atomic mass is 16.5. The third-order valence-corrected chi connectivity index (χ3v) is 5.21. The molecule has 1 atom stereocenters. The van der Waals surface area contributed by atoms with Gasteiger partial charge in [0.05, 0.1) is 6.10 Å². The molecule has 1 aliphatic carbocycles. The molecule has 0 saturated heterocycles. The summed E-state index contributed by atoms with van der Waals surface area (Å²) in [6.45, 7) is 2.84. The van der Waals surface area contributed by atoms with Crippen LogP contribution in [0.2, 0.25) is 0 Å². The van der Waals surface area contributed by atoms with Crippen molar-refractivity contribution in [2.75, 3.05) is 6.61 Å². The Morgan fingerprint density at radius 3 is 2.31 bits per heavy atom. The van der Waals surface area contributed by atoms with Gasteiger partial charge in [0.15, 0.2) is 0 Å². The zero-order valence-corrected chi connectivity index (χ0v) is 15.8. The summed E-state index contributed by atoms with van der Waals surface area (Å²) in [6, 6.07) is 18.7. The number of hydrogen-bond donors (Lipinski definition) is 0. The predicted octanol–water partition coefficient (Wildman–Crippen LogP) is 5.84. The largest absolute Gasteiger partial charge is 0.378 e. The van der Waals surface area contributed by atoms with Crippen LogP contribution in [0.5, 0.6) is 0 Å². The highest BCUT2D eigenvalue weighted by Crippen LogP contribution is 2.22. The maximum Gasteiger partial charge on any atom is 0.137 e. The molecule has 2 aromatic rings. The highest BCUT2D eigenvalue weighted by Gasteiger charge is 2.16. The molecular formula is C24H30O2. The van der Waals surface area contributed by atoms with Gasteiger partial charge < -0.3 is 4.74 Å². The molecule has 1 fully saturated rings. The van der Waals surface area contributed by atoms with E-state index in [2.05, 4.69) is 43.3 Å². The lowest BCUT2D eigenvalue weighted by Gasteiger charge is -2.23. The Bertz CT molecular complexity index is 669. The van der Waals surface area contributed by atoms with E-state index in [1.165, 1.54) is 43.2 Å². The van der Waals surface area contributed by atoms with Gasteiger partial charge in [-0.2, -0.15) is 0 Å². The first-order chi connectivity index (χ1) is 12.7. The number of carbonyl (C=O) groups excluding carboxylic acids is 1. The molecule has 0 radical (unpaired) electrons. The van der Waals surface area contributed by atoms with Crippen LogP contribution in [0, 0.1) is 5.92 Å². The summed E-state index contributed by atoms with van der Waals surface area (Å²) in [7, 11) is 0. The summed E-state index contributed by atoms with van der Waals surface area (Å²) in [6.07, 6.45) is 7.84. The van der Waals surface area contributed by atoms with Gasteiger partial charge in [0.25, 0.3) is 0 Å². The van der Waals surface area contributed by atoms with Gasteiger partial charge in [0, 0.05) is 19.4 Å². The third-order valence-electron chi connectivity index (χ3n) is 5.21. The molecule has 26 heavy (non-hydrogen) atoms. The molecule has 1 aliphatic rings. The van der Waals surface area contributed by atoms with Crippen molar-refractivity contribution in [3.8, 4) is 11.1 Å². The number of ketones is 1. The summed E-state index contributed by atoms with van der Waals surface area (Å²) < 4.78 is 6.01. The minimum absolute atomic E-state index is 0.299. The van der Waals surface area contributed by atoms with E-state index < -0.39 is 0 Å². The van der Waals surface area contributed by atoms with E-state index in [0.717, 1.165) is 5.56 Å². The van der Waals surface area contributed by atoms with E-state index in [0.29, 0.717) is 37.3 Å². The van der Waals surface area contributed by atoms with Gasteiger partial charge in [-0.15, -0.1) is 0 Å². The fourth-order valence-corrected chi connectivity index (χ4v) is 3.73. The van der Waals surface area contributed by atoms with E-state index in [4.69, 9.17) is 4.74 Å². The van der Waals surface area contributed by atoms with Crippen molar-refractivity contribution >= 4 is 5.78 Å². The lowest BCUT2D eigenvalue weighted by atomic mass is 9.97. The smallest absolute Gasteiger partial charge is 0.137 e. The summed E-state index contributed by atoms with van der Waals surface area (Å²) in [4.78, 5) is 12.4. The third kappa shape index (κ3) is 5.81. The normalized spacial score (nSPS) is 16.3. The number of hydrogen-bond acceptors (Lipinski definition) is 2. The Morgan fingerprint density at radius 1 is 0.962 bits per heavy atom. The molecule has 0 unspecified atom stereocenters. The van der Waals surface area contributed by atoms with Crippen molar-refractivity contribution in [1.82, 2.24) is 0 Å². The SMILES string of the molecule is C[C@@H](COC1CCCCC1)CC(=O)Cc1ccc(-c2ccccc2)cc1. The van der Waals surface area contributed by atoms with Gasteiger partial charge >= 0.3 is 0 Å². The van der Waals surface area contributed by atoms with E-state index in [9.17, 15) is 4.79 Å². The van der Waals surface area contributed by atoms with Gasteiger partial charge in [-0.05, 0) is 35.4 Å². The number of carbonyl (C=O) groups is 1. The van der Waals surface area contributed by atoms with Crippen molar-refractivity contribution < 1.29 is 9.53 Å². The van der Waals surface area contributed by atoms with Gasteiger partial charge in [0.1, 0.15) is 5.78 Å². The molecule has 2 nitrogen and oxygen atoms in total. The Hall–Kier alpha value is -1.93. The fourth-order valence-electron chi connectivity index (χ4n) is 3.73. The number of ether oxygens (including phenoxy) is 1. The Morgan fingerprint density at radius 2 is 1.62 bits per heavy atom. The minimum Gasteiger partial charge on any atom is -0.378 e. The summed E-state index contributed by atoms with van der Waals surface area (Å²) >= 11 is 0. The molecule has 138 valence electrons. The van der Waals surface area contributed by atoms with Crippen molar-refractivity contribution in [1.29, 1.82) is 0 Å². The van der Waals surface area contributed by atoms with E-state index in [1.54, 1.807) is 0 Å². The van der Waals surface area contributed by atoms with Crippen molar-refractivity contribution in [2.45, 2.75) is 58.0 Å². The number of rotatable bonds is 8. The minimum atomic E-state index is 0.299. The Kier molecular flexibility index (Phi) is 7.02. The molecule has 0 aliphatic heterocycles. The van der Waals surface area contributed by atoms with Crippen LogP contribution in [0.3, 0.4) is 0 Å². The molecule has 2 heteroatoms.